The fourth-order valence-electron chi connectivity index (χ4n) is 0.966. The third-order valence-electron chi connectivity index (χ3n) is 2.10. The van der Waals surface area contributed by atoms with Crippen molar-refractivity contribution in [3.05, 3.63) is 0 Å². The Labute approximate surface area is 85.1 Å². The Hall–Kier alpha value is -0.620. The zero-order valence-corrected chi connectivity index (χ0v) is 9.60. The topological polar surface area (TPSA) is 89.3 Å². The summed E-state index contributed by atoms with van der Waals surface area (Å²) in [6, 6.07) is -0.290. The smallest absolute Gasteiger partial charge is 0.234 e. The van der Waals surface area contributed by atoms with Gasteiger partial charge in [-0.1, -0.05) is 20.3 Å². The molecule has 0 aromatic rings. The predicted octanol–water partition coefficient (Wildman–Crippen LogP) is -0.174. The Bertz CT molecular complexity index is 287. The van der Waals surface area contributed by atoms with E-state index in [4.69, 9.17) is 5.73 Å². The fraction of sp³-hybridized carbons (Fsp3) is 0.875. The van der Waals surface area contributed by atoms with Crippen LogP contribution in [0.25, 0.3) is 0 Å². The quantitative estimate of drug-likeness (QED) is 0.675. The van der Waals surface area contributed by atoms with Gasteiger partial charge in [-0.2, -0.15) is 0 Å². The van der Waals surface area contributed by atoms with Crippen LogP contribution in [0.3, 0.4) is 0 Å². The van der Waals surface area contributed by atoms with Crippen LogP contribution in [-0.2, 0) is 14.8 Å². The molecule has 0 fully saturated rings. The molecule has 5 nitrogen and oxygen atoms in total. The normalized spacial score (nSPS) is 16.0. The van der Waals surface area contributed by atoms with Gasteiger partial charge in [0.2, 0.25) is 15.9 Å². The van der Waals surface area contributed by atoms with Crippen molar-refractivity contribution in [3.63, 3.8) is 0 Å². The van der Waals surface area contributed by atoms with Gasteiger partial charge in [0.05, 0.1) is 6.26 Å². The van der Waals surface area contributed by atoms with Crippen LogP contribution in [-0.4, -0.2) is 26.6 Å². The van der Waals surface area contributed by atoms with Crippen LogP contribution in [0.1, 0.15) is 26.7 Å². The van der Waals surface area contributed by atoms with E-state index in [1.165, 1.54) is 0 Å². The van der Waals surface area contributed by atoms with Crippen LogP contribution in [0.15, 0.2) is 0 Å². The van der Waals surface area contributed by atoms with E-state index in [9.17, 15) is 13.2 Å². The van der Waals surface area contributed by atoms with Gasteiger partial charge >= 0.3 is 0 Å². The summed E-state index contributed by atoms with van der Waals surface area (Å²) < 4.78 is 23.3. The third kappa shape index (κ3) is 5.93. The molecule has 0 bridgehead atoms. The highest BCUT2D eigenvalue weighted by Crippen LogP contribution is 2.08. The third-order valence-corrected chi connectivity index (χ3v) is 2.69. The molecular weight excluding hydrogens is 204 g/mol. The van der Waals surface area contributed by atoms with Gasteiger partial charge in [0.1, 0.15) is 0 Å². The van der Waals surface area contributed by atoms with Crippen molar-refractivity contribution in [1.29, 1.82) is 0 Å². The van der Waals surface area contributed by atoms with Crippen LogP contribution >= 0.6 is 0 Å². The van der Waals surface area contributed by atoms with Crippen molar-refractivity contribution in [2.75, 3.05) is 6.26 Å². The second kappa shape index (κ2) is 5.31. The van der Waals surface area contributed by atoms with E-state index >= 15 is 0 Å². The fourth-order valence-corrected chi connectivity index (χ4v) is 1.46. The molecule has 0 aromatic carbocycles. The maximum atomic E-state index is 11.1. The van der Waals surface area contributed by atoms with Crippen LogP contribution in [0.4, 0.5) is 0 Å². The molecule has 14 heavy (non-hydrogen) atoms. The van der Waals surface area contributed by atoms with Crippen molar-refractivity contribution in [3.8, 4) is 0 Å². The first kappa shape index (κ1) is 13.4. The van der Waals surface area contributed by atoms with Crippen molar-refractivity contribution < 1.29 is 13.2 Å². The molecule has 0 aromatic heterocycles. The van der Waals surface area contributed by atoms with E-state index in [1.54, 1.807) is 0 Å². The van der Waals surface area contributed by atoms with Crippen molar-refractivity contribution in [2.24, 2.45) is 11.7 Å². The highest BCUT2D eigenvalue weighted by Gasteiger charge is 2.16. The number of sulfonamides is 1. The van der Waals surface area contributed by atoms with Crippen LogP contribution in [0.5, 0.6) is 0 Å². The van der Waals surface area contributed by atoms with Gasteiger partial charge in [-0.25, -0.2) is 8.42 Å². The van der Waals surface area contributed by atoms with E-state index < -0.39 is 15.9 Å². The summed E-state index contributed by atoms with van der Waals surface area (Å²) in [7, 11) is -3.46. The summed E-state index contributed by atoms with van der Waals surface area (Å²) in [5, 5.41) is 0. The summed E-state index contributed by atoms with van der Waals surface area (Å²) in [5.41, 5.74) is 5.69. The van der Waals surface area contributed by atoms with Crippen molar-refractivity contribution >= 4 is 15.9 Å². The van der Waals surface area contributed by atoms with Crippen LogP contribution in [0.2, 0.25) is 0 Å². The molecule has 0 aliphatic carbocycles. The number of carbonyl (C=O) groups excluding carboxylic acids is 1. The van der Waals surface area contributed by atoms with Crippen molar-refractivity contribution in [1.82, 2.24) is 4.72 Å². The lowest BCUT2D eigenvalue weighted by Crippen LogP contribution is -2.37. The first-order valence-corrected chi connectivity index (χ1v) is 6.41. The van der Waals surface area contributed by atoms with Gasteiger partial charge in [0.15, 0.2) is 0 Å². The van der Waals surface area contributed by atoms with E-state index in [1.807, 2.05) is 18.6 Å². The predicted molar refractivity (Wildman–Crippen MR) is 55.0 cm³/mol. The monoisotopic (exact) mass is 222 g/mol. The van der Waals surface area contributed by atoms with Gasteiger partial charge in [-0.3, -0.25) is 9.52 Å². The zero-order chi connectivity index (χ0) is 11.4. The number of nitrogens with two attached hydrogens (primary N) is 1. The van der Waals surface area contributed by atoms with Crippen LogP contribution < -0.4 is 10.5 Å². The molecule has 2 atom stereocenters. The number of nitrogens with one attached hydrogen (secondary N) is 1. The molecule has 1 unspecified atom stereocenters. The van der Waals surface area contributed by atoms with Gasteiger partial charge in [0, 0.05) is 12.5 Å². The molecule has 0 radical (unpaired) electrons. The number of hydrogen-bond donors (Lipinski definition) is 2. The molecule has 0 aliphatic rings. The summed E-state index contributed by atoms with van der Waals surface area (Å²) >= 11 is 0. The minimum absolute atomic E-state index is 0.0437. The number of carbonyl (C=O) groups is 1. The zero-order valence-electron chi connectivity index (χ0n) is 8.78. The van der Waals surface area contributed by atoms with E-state index in [0.717, 1.165) is 12.7 Å². The lowest BCUT2D eigenvalue weighted by molar-refractivity contribution is -0.119. The van der Waals surface area contributed by atoms with Crippen molar-refractivity contribution in [2.45, 2.75) is 32.7 Å². The Morgan fingerprint density at radius 1 is 1.50 bits per heavy atom. The molecular formula is C8H18N2O3S. The molecule has 1 amide bonds. The maximum Gasteiger partial charge on any atom is 0.234 e. The second-order valence-electron chi connectivity index (χ2n) is 3.55. The summed E-state index contributed by atoms with van der Waals surface area (Å²) in [4.78, 5) is 11.1. The highest BCUT2D eigenvalue weighted by atomic mass is 32.2. The van der Waals surface area contributed by atoms with E-state index in [-0.39, 0.29) is 18.4 Å². The molecule has 0 aliphatic heterocycles. The van der Waals surface area contributed by atoms with Gasteiger partial charge in [-0.05, 0) is 5.92 Å². The summed E-state index contributed by atoms with van der Waals surface area (Å²) in [6.07, 6.45) is 1.86. The highest BCUT2D eigenvalue weighted by molar-refractivity contribution is 7.89. The maximum absolute atomic E-state index is 11.1. The van der Waals surface area contributed by atoms with Crippen LogP contribution in [0, 0.1) is 5.92 Å². The molecule has 0 rings (SSSR count). The molecule has 0 heterocycles. The first-order valence-electron chi connectivity index (χ1n) is 4.52. The Kier molecular flexibility index (Phi) is 5.07. The van der Waals surface area contributed by atoms with E-state index in [2.05, 4.69) is 0 Å². The number of rotatable bonds is 5. The minimum atomic E-state index is -3.46. The van der Waals surface area contributed by atoms with Gasteiger partial charge in [0.25, 0.3) is 0 Å². The molecule has 0 saturated carbocycles. The molecule has 84 valence electrons. The molecule has 0 saturated heterocycles. The first-order chi connectivity index (χ1) is 6.26. The average molecular weight is 222 g/mol. The Morgan fingerprint density at radius 2 is 2.00 bits per heavy atom. The molecule has 3 N–H and O–H groups in total. The lowest BCUT2D eigenvalue weighted by atomic mass is 9.97. The molecule has 0 spiro atoms. The standard InChI is InChI=1S/C8H18N2O3S/c1-4-6(2)7(9)5-8(11)10-14(3,12)13/h6-7H,4-5,9H2,1-3H3,(H,10,11)/t6?,7-/m0/s1. The minimum Gasteiger partial charge on any atom is -0.327 e. The SMILES string of the molecule is CCC(C)[C@@H](N)CC(=O)NS(C)(=O)=O. The van der Waals surface area contributed by atoms with Gasteiger partial charge in [-0.15, -0.1) is 0 Å². The average Bonchev–Trinajstić information content (AvgIpc) is 1.99. The Balaban J connectivity index is 4.08. The summed E-state index contributed by atoms with van der Waals surface area (Å²) in [6.45, 7) is 3.90. The molecule has 6 heteroatoms. The Morgan fingerprint density at radius 3 is 2.36 bits per heavy atom. The summed E-state index contributed by atoms with van der Waals surface area (Å²) in [5.74, 6) is -0.333. The largest absolute Gasteiger partial charge is 0.327 e. The number of amides is 1. The second-order valence-corrected chi connectivity index (χ2v) is 5.30. The number of hydrogen-bond acceptors (Lipinski definition) is 4. The lowest BCUT2D eigenvalue weighted by Gasteiger charge is -2.17. The van der Waals surface area contributed by atoms with Gasteiger partial charge < -0.3 is 5.73 Å². The van der Waals surface area contributed by atoms with E-state index in [0.29, 0.717) is 0 Å².